The zero-order chi connectivity index (χ0) is 40.7. The van der Waals surface area contributed by atoms with Crippen LogP contribution in [-0.2, 0) is 0 Å². The van der Waals surface area contributed by atoms with Crippen LogP contribution in [0.15, 0.2) is 205 Å². The minimum absolute atomic E-state index is 0.676. The molecule has 62 heavy (non-hydrogen) atoms. The van der Waals surface area contributed by atoms with Crippen LogP contribution < -0.4 is 4.90 Å². The van der Waals surface area contributed by atoms with Crippen molar-refractivity contribution in [3.8, 4) is 27.9 Å². The van der Waals surface area contributed by atoms with Crippen LogP contribution in [0, 0.1) is 11.8 Å². The van der Waals surface area contributed by atoms with E-state index in [1.54, 1.807) is 0 Å². The molecule has 0 spiro atoms. The Bertz CT molecular complexity index is 3500. The fourth-order valence-corrected chi connectivity index (χ4v) is 11.5. The lowest BCUT2D eigenvalue weighted by molar-refractivity contribution is 0.420. The highest BCUT2D eigenvalue weighted by molar-refractivity contribution is 6.12. The van der Waals surface area contributed by atoms with Gasteiger partial charge >= 0.3 is 0 Å². The van der Waals surface area contributed by atoms with Gasteiger partial charge in [0.05, 0.1) is 11.0 Å². The Kier molecular flexibility index (Phi) is 8.06. The van der Waals surface area contributed by atoms with Crippen LogP contribution in [0.1, 0.15) is 37.2 Å². The smallest absolute Gasteiger partial charge is 0.135 e. The van der Waals surface area contributed by atoms with Crippen LogP contribution >= 0.6 is 0 Å². The number of anilines is 3. The molecule has 9 aromatic carbocycles. The van der Waals surface area contributed by atoms with Crippen LogP contribution in [0.4, 0.5) is 17.1 Å². The molecule has 0 radical (unpaired) electrons. The normalized spacial score (nSPS) is 17.3. The largest absolute Gasteiger partial charge is 0.456 e. The first-order valence-corrected chi connectivity index (χ1v) is 22.2. The third kappa shape index (κ3) is 5.65. The second-order valence-electron chi connectivity index (χ2n) is 17.7. The first kappa shape index (κ1) is 35.4. The maximum absolute atomic E-state index is 6.36. The van der Waals surface area contributed by atoms with Crippen LogP contribution in [-0.4, -0.2) is 4.57 Å². The summed E-state index contributed by atoms with van der Waals surface area (Å²) in [6, 6.07) is 73.6. The van der Waals surface area contributed by atoms with Crippen molar-refractivity contribution in [1.29, 1.82) is 0 Å². The molecule has 2 bridgehead atoms. The van der Waals surface area contributed by atoms with E-state index in [0.717, 1.165) is 50.8 Å². The van der Waals surface area contributed by atoms with Crippen molar-refractivity contribution in [2.75, 3.05) is 4.90 Å². The number of fused-ring (bicyclic) bond motifs is 9. The highest BCUT2D eigenvalue weighted by Gasteiger charge is 2.40. The third-order valence-corrected chi connectivity index (χ3v) is 14.2. The summed E-state index contributed by atoms with van der Waals surface area (Å²) < 4.78 is 8.83. The van der Waals surface area contributed by atoms with Gasteiger partial charge in [0.1, 0.15) is 11.2 Å². The molecule has 3 nitrogen and oxygen atoms in total. The van der Waals surface area contributed by atoms with Gasteiger partial charge in [0, 0.05) is 44.3 Å². The number of rotatable bonds is 7. The molecule has 0 saturated heterocycles. The molecule has 13 rings (SSSR count). The number of benzene rings is 9. The summed E-state index contributed by atoms with van der Waals surface area (Å²) in [5.41, 5.74) is 15.0. The highest BCUT2D eigenvalue weighted by atomic mass is 16.3. The summed E-state index contributed by atoms with van der Waals surface area (Å²) >= 11 is 0. The van der Waals surface area contributed by atoms with Crippen LogP contribution in [0.2, 0.25) is 0 Å². The monoisotopic (exact) mass is 796 g/mol. The van der Waals surface area contributed by atoms with Crippen molar-refractivity contribution >= 4 is 71.6 Å². The maximum atomic E-state index is 6.36. The Morgan fingerprint density at radius 1 is 0.452 bits per heavy atom. The predicted octanol–water partition coefficient (Wildman–Crippen LogP) is 16.5. The Balaban J connectivity index is 1.03. The van der Waals surface area contributed by atoms with Crippen LogP contribution in [0.5, 0.6) is 0 Å². The summed E-state index contributed by atoms with van der Waals surface area (Å²) in [4.78, 5) is 2.43. The average Bonchev–Trinajstić information content (AvgIpc) is 4.13. The predicted molar refractivity (Wildman–Crippen MR) is 259 cm³/mol. The zero-order valence-corrected chi connectivity index (χ0v) is 34.4. The second-order valence-corrected chi connectivity index (χ2v) is 17.7. The van der Waals surface area contributed by atoms with E-state index in [2.05, 4.69) is 204 Å². The van der Waals surface area contributed by atoms with E-state index in [-0.39, 0.29) is 0 Å². The SMILES string of the molecule is c1ccc(-c2cccc3cccc(-c4cccc(N(c5ccc6oc7ccccc7c6c5)c5ccc6c7cc(C8CC9CCC8C9)ccc7n(-c7ccccc7)c6c5)c4)c23)cc1. The molecular weight excluding hydrogens is 753 g/mol. The fourth-order valence-electron chi connectivity index (χ4n) is 11.5. The van der Waals surface area contributed by atoms with Crippen molar-refractivity contribution in [1.82, 2.24) is 4.57 Å². The Labute approximate surface area is 361 Å². The standard InChI is InChI=1S/C59H44N2O/c1-3-12-39(13-4-1)48-21-10-14-40-15-11-22-49(59(40)48)41-16-9-19-45(34-41)60(46-28-31-58-54(36-46)51-20-7-8-23-57(51)62-58)47-27-29-50-53-35-43(52-33-38-24-25-42(52)32-38)26-30-55(53)61(56(50)37-47)44-17-5-2-6-18-44/h1-23,26-31,34-38,42,52H,24-25,32-33H2. The molecule has 2 aliphatic carbocycles. The number of para-hydroxylation sites is 2. The van der Waals surface area contributed by atoms with Crippen molar-refractivity contribution in [2.45, 2.75) is 31.6 Å². The molecule has 11 aromatic rings. The van der Waals surface area contributed by atoms with E-state index in [0.29, 0.717) is 5.92 Å². The minimum atomic E-state index is 0.676. The first-order chi connectivity index (χ1) is 30.7. The van der Waals surface area contributed by atoms with Gasteiger partial charge in [0.15, 0.2) is 0 Å². The van der Waals surface area contributed by atoms with Gasteiger partial charge in [-0.05, 0) is 148 Å². The minimum Gasteiger partial charge on any atom is -0.456 e. The van der Waals surface area contributed by atoms with Gasteiger partial charge in [0.2, 0.25) is 0 Å². The number of hydrogen-bond acceptors (Lipinski definition) is 2. The molecule has 2 aliphatic rings. The van der Waals surface area contributed by atoms with Gasteiger partial charge in [-0.15, -0.1) is 0 Å². The molecule has 3 atom stereocenters. The van der Waals surface area contributed by atoms with Gasteiger partial charge in [-0.25, -0.2) is 0 Å². The van der Waals surface area contributed by atoms with Gasteiger partial charge < -0.3 is 13.9 Å². The molecule has 2 saturated carbocycles. The topological polar surface area (TPSA) is 21.3 Å². The molecule has 0 amide bonds. The summed E-state index contributed by atoms with van der Waals surface area (Å²) in [6.07, 6.45) is 5.55. The number of hydrogen-bond donors (Lipinski definition) is 0. The van der Waals surface area contributed by atoms with E-state index in [4.69, 9.17) is 4.42 Å². The van der Waals surface area contributed by atoms with Crippen molar-refractivity contribution in [2.24, 2.45) is 11.8 Å². The summed E-state index contributed by atoms with van der Waals surface area (Å²) in [5, 5.41) is 7.33. The van der Waals surface area contributed by atoms with Gasteiger partial charge in [-0.3, -0.25) is 0 Å². The molecule has 2 heterocycles. The van der Waals surface area contributed by atoms with Gasteiger partial charge in [-0.1, -0.05) is 134 Å². The Hall–Kier alpha value is -7.36. The molecular formula is C59H44N2O. The first-order valence-electron chi connectivity index (χ1n) is 22.2. The van der Waals surface area contributed by atoms with Gasteiger partial charge in [0.25, 0.3) is 0 Å². The Morgan fingerprint density at radius 3 is 1.98 bits per heavy atom. The molecule has 2 fully saturated rings. The molecule has 0 aliphatic heterocycles. The Morgan fingerprint density at radius 2 is 1.16 bits per heavy atom. The summed E-state index contributed by atoms with van der Waals surface area (Å²) in [5.74, 6) is 2.42. The van der Waals surface area contributed by atoms with E-state index in [9.17, 15) is 0 Å². The van der Waals surface area contributed by atoms with Crippen molar-refractivity contribution < 1.29 is 4.42 Å². The second kappa shape index (κ2) is 14.1. The highest BCUT2D eigenvalue weighted by Crippen LogP contribution is 2.53. The lowest BCUT2D eigenvalue weighted by Gasteiger charge is -2.26. The lowest BCUT2D eigenvalue weighted by Crippen LogP contribution is -2.10. The van der Waals surface area contributed by atoms with Crippen molar-refractivity contribution in [3.05, 3.63) is 206 Å². The molecule has 3 heteroatoms. The van der Waals surface area contributed by atoms with Crippen LogP contribution in [0.25, 0.3) is 82.5 Å². The van der Waals surface area contributed by atoms with E-state index >= 15 is 0 Å². The van der Waals surface area contributed by atoms with E-state index in [1.807, 2.05) is 6.07 Å². The molecule has 0 N–H and O–H groups in total. The van der Waals surface area contributed by atoms with Crippen molar-refractivity contribution in [3.63, 3.8) is 0 Å². The number of furan rings is 1. The summed E-state index contributed by atoms with van der Waals surface area (Å²) in [7, 11) is 0. The van der Waals surface area contributed by atoms with Crippen LogP contribution in [0.3, 0.4) is 0 Å². The molecule has 296 valence electrons. The maximum Gasteiger partial charge on any atom is 0.135 e. The molecule has 2 aromatic heterocycles. The quantitative estimate of drug-likeness (QED) is 0.160. The lowest BCUT2D eigenvalue weighted by atomic mass is 9.83. The van der Waals surface area contributed by atoms with Gasteiger partial charge in [-0.2, -0.15) is 0 Å². The summed E-state index contributed by atoms with van der Waals surface area (Å²) in [6.45, 7) is 0. The fraction of sp³-hybridized carbons (Fsp3) is 0.119. The van der Waals surface area contributed by atoms with E-state index < -0.39 is 0 Å². The number of aromatic nitrogens is 1. The molecule has 3 unspecified atom stereocenters. The third-order valence-electron chi connectivity index (χ3n) is 14.2. The van der Waals surface area contributed by atoms with E-state index in [1.165, 1.54) is 91.8 Å². The zero-order valence-electron chi connectivity index (χ0n) is 34.4. The number of nitrogens with zero attached hydrogens (tertiary/aromatic N) is 2. The average molecular weight is 797 g/mol.